The molecule has 11 heavy (non-hydrogen) atoms. The number of hydrogen-bond acceptors (Lipinski definition) is 3. The molecule has 0 amide bonds. The fraction of sp³-hybridized carbons (Fsp3) is 1.00. The van der Waals surface area contributed by atoms with Gasteiger partial charge in [-0.15, -0.1) is 0 Å². The Balaban J connectivity index is 2.60. The van der Waals surface area contributed by atoms with Gasteiger partial charge in [-0.2, -0.15) is 12.7 Å². The third-order valence-electron chi connectivity index (χ3n) is 1.78. The van der Waals surface area contributed by atoms with E-state index in [0.717, 1.165) is 12.8 Å². The fourth-order valence-electron chi connectivity index (χ4n) is 1.21. The first-order valence-corrected chi connectivity index (χ1v) is 5.04. The first kappa shape index (κ1) is 8.92. The molecule has 1 aliphatic rings. The maximum Gasteiger partial charge on any atom is 0.276 e. The van der Waals surface area contributed by atoms with Crippen LogP contribution in [0, 0.1) is 0 Å². The third-order valence-corrected chi connectivity index (χ3v) is 2.83. The van der Waals surface area contributed by atoms with Crippen molar-refractivity contribution in [1.29, 1.82) is 0 Å². The third kappa shape index (κ3) is 2.41. The smallest absolute Gasteiger partial charge is 0.276 e. The summed E-state index contributed by atoms with van der Waals surface area (Å²) >= 11 is 0. The van der Waals surface area contributed by atoms with Crippen molar-refractivity contribution in [3.05, 3.63) is 0 Å². The number of piperidine rings is 1. The molecule has 0 aromatic rings. The lowest BCUT2D eigenvalue weighted by molar-refractivity contribution is 0.316. The molecular formula is C5H13N3O2S. The standard InChI is InChI=1S/C5H13N3O2S/c6-5-2-1-3-8(4-5)11(7,9)10/h5H,1-4,6H2,(H2,7,9,10). The van der Waals surface area contributed by atoms with Gasteiger partial charge in [0.05, 0.1) is 0 Å². The van der Waals surface area contributed by atoms with Crippen LogP contribution in [0.4, 0.5) is 0 Å². The Morgan fingerprint density at radius 2 is 2.09 bits per heavy atom. The number of hydrogen-bond donors (Lipinski definition) is 2. The Bertz CT molecular complexity index is 226. The predicted octanol–water partition coefficient (Wildman–Crippen LogP) is -1.39. The van der Waals surface area contributed by atoms with Gasteiger partial charge in [0.2, 0.25) is 0 Å². The van der Waals surface area contributed by atoms with Gasteiger partial charge in [0.25, 0.3) is 10.2 Å². The summed E-state index contributed by atoms with van der Waals surface area (Å²) < 4.78 is 22.8. The molecule has 0 aromatic carbocycles. The molecule has 1 rings (SSSR count). The molecule has 0 saturated carbocycles. The van der Waals surface area contributed by atoms with Crippen molar-refractivity contribution >= 4 is 10.2 Å². The van der Waals surface area contributed by atoms with Crippen LogP contribution in [0.2, 0.25) is 0 Å². The summed E-state index contributed by atoms with van der Waals surface area (Å²) in [5.74, 6) is 0. The van der Waals surface area contributed by atoms with Gasteiger partial charge < -0.3 is 5.73 Å². The Labute approximate surface area is 66.5 Å². The van der Waals surface area contributed by atoms with E-state index in [1.165, 1.54) is 4.31 Å². The lowest BCUT2D eigenvalue weighted by Gasteiger charge is -2.27. The zero-order valence-corrected chi connectivity index (χ0v) is 7.05. The minimum absolute atomic E-state index is 0.0536. The molecular weight excluding hydrogens is 166 g/mol. The minimum atomic E-state index is -3.51. The summed E-state index contributed by atoms with van der Waals surface area (Å²) in [6, 6.07) is -0.0536. The molecule has 4 N–H and O–H groups in total. The van der Waals surface area contributed by atoms with Crippen LogP contribution >= 0.6 is 0 Å². The Kier molecular flexibility index (Phi) is 2.48. The van der Waals surface area contributed by atoms with Crippen molar-refractivity contribution in [3.8, 4) is 0 Å². The molecule has 66 valence electrons. The lowest BCUT2D eigenvalue weighted by atomic mass is 10.1. The maximum absolute atomic E-state index is 10.8. The van der Waals surface area contributed by atoms with Crippen LogP contribution in [-0.4, -0.2) is 31.9 Å². The van der Waals surface area contributed by atoms with Gasteiger partial charge in [-0.05, 0) is 12.8 Å². The number of nitrogens with two attached hydrogens (primary N) is 2. The van der Waals surface area contributed by atoms with Gasteiger partial charge in [0, 0.05) is 19.1 Å². The Morgan fingerprint density at radius 3 is 2.45 bits per heavy atom. The van der Waals surface area contributed by atoms with Crippen molar-refractivity contribution in [3.63, 3.8) is 0 Å². The van der Waals surface area contributed by atoms with E-state index in [1.54, 1.807) is 0 Å². The van der Waals surface area contributed by atoms with Crippen LogP contribution in [0.25, 0.3) is 0 Å². The minimum Gasteiger partial charge on any atom is -0.327 e. The van der Waals surface area contributed by atoms with Crippen LogP contribution in [-0.2, 0) is 10.2 Å². The zero-order valence-electron chi connectivity index (χ0n) is 6.23. The van der Waals surface area contributed by atoms with Crippen molar-refractivity contribution < 1.29 is 8.42 Å². The summed E-state index contributed by atoms with van der Waals surface area (Å²) in [6.07, 6.45) is 1.68. The van der Waals surface area contributed by atoms with E-state index in [-0.39, 0.29) is 6.04 Å². The van der Waals surface area contributed by atoms with Gasteiger partial charge in [0.1, 0.15) is 0 Å². The highest BCUT2D eigenvalue weighted by Gasteiger charge is 2.23. The molecule has 0 aromatic heterocycles. The molecule has 1 atom stereocenters. The van der Waals surface area contributed by atoms with Gasteiger partial charge in [0.15, 0.2) is 0 Å². The normalized spacial score (nSPS) is 28.7. The second-order valence-corrected chi connectivity index (χ2v) is 4.35. The number of rotatable bonds is 1. The topological polar surface area (TPSA) is 89.4 Å². The average molecular weight is 179 g/mol. The van der Waals surface area contributed by atoms with Crippen molar-refractivity contribution in [2.24, 2.45) is 10.9 Å². The van der Waals surface area contributed by atoms with E-state index in [4.69, 9.17) is 10.9 Å². The fourth-order valence-corrected chi connectivity index (χ4v) is 1.99. The molecule has 0 aliphatic carbocycles. The summed E-state index contributed by atoms with van der Waals surface area (Å²) in [5, 5.41) is 4.92. The molecule has 0 bridgehead atoms. The van der Waals surface area contributed by atoms with Crippen molar-refractivity contribution in [1.82, 2.24) is 4.31 Å². The average Bonchev–Trinajstić information content (AvgIpc) is 1.86. The molecule has 5 nitrogen and oxygen atoms in total. The molecule has 1 aliphatic heterocycles. The van der Waals surface area contributed by atoms with Crippen LogP contribution in [0.5, 0.6) is 0 Å². The SMILES string of the molecule is NC1CCCN(S(N)(=O)=O)C1. The van der Waals surface area contributed by atoms with Crippen LogP contribution in [0.3, 0.4) is 0 Å². The summed E-state index contributed by atoms with van der Waals surface area (Å²) in [5.41, 5.74) is 5.56. The molecule has 0 spiro atoms. The largest absolute Gasteiger partial charge is 0.327 e. The van der Waals surface area contributed by atoms with E-state index in [2.05, 4.69) is 0 Å². The highest BCUT2D eigenvalue weighted by molar-refractivity contribution is 7.86. The highest BCUT2D eigenvalue weighted by atomic mass is 32.2. The molecule has 6 heteroatoms. The van der Waals surface area contributed by atoms with E-state index >= 15 is 0 Å². The first-order valence-electron chi connectivity index (χ1n) is 3.53. The van der Waals surface area contributed by atoms with Gasteiger partial charge in [-0.3, -0.25) is 0 Å². The monoisotopic (exact) mass is 179 g/mol. The zero-order chi connectivity index (χ0) is 8.48. The molecule has 1 fully saturated rings. The van der Waals surface area contributed by atoms with Gasteiger partial charge >= 0.3 is 0 Å². The van der Waals surface area contributed by atoms with Crippen LogP contribution in [0.1, 0.15) is 12.8 Å². The van der Waals surface area contributed by atoms with Crippen molar-refractivity contribution in [2.45, 2.75) is 18.9 Å². The molecule has 1 unspecified atom stereocenters. The number of nitrogens with zero attached hydrogens (tertiary/aromatic N) is 1. The highest BCUT2D eigenvalue weighted by Crippen LogP contribution is 2.09. The quantitative estimate of drug-likeness (QED) is 0.519. The van der Waals surface area contributed by atoms with Crippen molar-refractivity contribution in [2.75, 3.05) is 13.1 Å². The van der Waals surface area contributed by atoms with E-state index < -0.39 is 10.2 Å². The van der Waals surface area contributed by atoms with E-state index in [0.29, 0.717) is 13.1 Å². The second-order valence-electron chi connectivity index (χ2n) is 2.81. The lowest BCUT2D eigenvalue weighted by Crippen LogP contribution is -2.48. The molecule has 1 saturated heterocycles. The predicted molar refractivity (Wildman–Crippen MR) is 41.9 cm³/mol. The van der Waals surface area contributed by atoms with Gasteiger partial charge in [-0.25, -0.2) is 5.14 Å². The summed E-state index contributed by atoms with van der Waals surface area (Å²) in [6.45, 7) is 0.866. The Morgan fingerprint density at radius 1 is 1.45 bits per heavy atom. The van der Waals surface area contributed by atoms with E-state index in [9.17, 15) is 8.42 Å². The van der Waals surface area contributed by atoms with Crippen LogP contribution in [0.15, 0.2) is 0 Å². The summed E-state index contributed by atoms with van der Waals surface area (Å²) in [4.78, 5) is 0. The molecule has 0 radical (unpaired) electrons. The summed E-state index contributed by atoms with van der Waals surface area (Å²) in [7, 11) is -3.51. The maximum atomic E-state index is 10.8. The van der Waals surface area contributed by atoms with E-state index in [1.807, 2.05) is 0 Å². The Hall–Kier alpha value is -0.170. The van der Waals surface area contributed by atoms with Crippen LogP contribution < -0.4 is 10.9 Å². The van der Waals surface area contributed by atoms with Gasteiger partial charge in [-0.1, -0.05) is 0 Å². The first-order chi connectivity index (χ1) is 5.00. The molecule has 1 heterocycles. The second kappa shape index (κ2) is 3.06.